The van der Waals surface area contributed by atoms with Gasteiger partial charge in [0.1, 0.15) is 6.61 Å². The normalized spacial score (nSPS) is 11.9. The second kappa shape index (κ2) is 10.3. The first-order valence-corrected chi connectivity index (χ1v) is 7.55. The Kier molecular flexibility index (Phi) is 8.52. The summed E-state index contributed by atoms with van der Waals surface area (Å²) in [5.74, 6) is 0.769. The van der Waals surface area contributed by atoms with E-state index in [4.69, 9.17) is 9.47 Å². The van der Waals surface area contributed by atoms with Gasteiger partial charge in [-0.05, 0) is 24.3 Å². The van der Waals surface area contributed by atoms with Crippen LogP contribution in [0.3, 0.4) is 0 Å². The first-order chi connectivity index (χ1) is 9.72. The zero-order valence-corrected chi connectivity index (χ0v) is 12.6. The summed E-state index contributed by atoms with van der Waals surface area (Å²) in [6, 6.07) is 9.61. The van der Waals surface area contributed by atoms with Crippen molar-refractivity contribution >= 4 is 6.16 Å². The molecule has 0 saturated carbocycles. The van der Waals surface area contributed by atoms with Crippen LogP contribution in [-0.4, -0.2) is 12.8 Å². The summed E-state index contributed by atoms with van der Waals surface area (Å²) >= 11 is 0. The van der Waals surface area contributed by atoms with Crippen LogP contribution in [0.1, 0.15) is 51.5 Å². The second-order valence-corrected chi connectivity index (χ2v) is 5.26. The standard InChI is InChI=1S/C17H26O3/c1-3-9-15(2)10-7-8-13-19-17(18)20-14-16-11-5-4-6-12-16/h4-6,11-12,15H,3,7-10,13-14H2,1-2H3/t15-/m0/s1. The van der Waals surface area contributed by atoms with Crippen molar-refractivity contribution in [3.63, 3.8) is 0 Å². The lowest BCUT2D eigenvalue weighted by Gasteiger charge is -2.09. The van der Waals surface area contributed by atoms with E-state index in [0.29, 0.717) is 6.61 Å². The molecule has 1 aromatic rings. The van der Waals surface area contributed by atoms with Crippen molar-refractivity contribution in [1.82, 2.24) is 0 Å². The minimum atomic E-state index is -0.574. The van der Waals surface area contributed by atoms with Crippen molar-refractivity contribution in [2.75, 3.05) is 6.61 Å². The Morgan fingerprint density at radius 3 is 2.55 bits per heavy atom. The van der Waals surface area contributed by atoms with E-state index in [9.17, 15) is 4.79 Å². The monoisotopic (exact) mass is 278 g/mol. The fourth-order valence-corrected chi connectivity index (χ4v) is 2.15. The molecule has 0 spiro atoms. The SMILES string of the molecule is CCC[C@H](C)CCCCOC(=O)OCc1ccccc1. The highest BCUT2D eigenvalue weighted by Gasteiger charge is 2.05. The van der Waals surface area contributed by atoms with Crippen LogP contribution in [0.2, 0.25) is 0 Å². The van der Waals surface area contributed by atoms with E-state index in [1.54, 1.807) is 0 Å². The Labute approximate surface area is 122 Å². The highest BCUT2D eigenvalue weighted by atomic mass is 16.7. The minimum absolute atomic E-state index is 0.271. The molecule has 0 radical (unpaired) electrons. The molecule has 0 bridgehead atoms. The summed E-state index contributed by atoms with van der Waals surface area (Å²) in [7, 11) is 0. The number of hydrogen-bond donors (Lipinski definition) is 0. The van der Waals surface area contributed by atoms with Gasteiger partial charge in [0.15, 0.2) is 0 Å². The average molecular weight is 278 g/mol. The molecule has 3 heteroatoms. The zero-order chi connectivity index (χ0) is 14.6. The molecule has 1 atom stereocenters. The lowest BCUT2D eigenvalue weighted by molar-refractivity contribution is 0.0486. The van der Waals surface area contributed by atoms with E-state index < -0.39 is 6.16 Å². The van der Waals surface area contributed by atoms with E-state index in [-0.39, 0.29) is 6.61 Å². The average Bonchev–Trinajstić information content (AvgIpc) is 2.46. The number of carbonyl (C=O) groups is 1. The van der Waals surface area contributed by atoms with Gasteiger partial charge in [-0.3, -0.25) is 0 Å². The molecule has 0 heterocycles. The van der Waals surface area contributed by atoms with Crippen LogP contribution in [-0.2, 0) is 16.1 Å². The largest absolute Gasteiger partial charge is 0.508 e. The molecule has 0 fully saturated rings. The van der Waals surface area contributed by atoms with Gasteiger partial charge in [0.2, 0.25) is 0 Å². The maximum atomic E-state index is 11.4. The van der Waals surface area contributed by atoms with E-state index >= 15 is 0 Å². The Hall–Kier alpha value is -1.51. The lowest BCUT2D eigenvalue weighted by Crippen LogP contribution is -2.08. The van der Waals surface area contributed by atoms with Gasteiger partial charge in [0.05, 0.1) is 6.61 Å². The lowest BCUT2D eigenvalue weighted by atomic mass is 9.99. The molecule has 20 heavy (non-hydrogen) atoms. The maximum Gasteiger partial charge on any atom is 0.508 e. The molecule has 1 aromatic carbocycles. The summed E-state index contributed by atoms with van der Waals surface area (Å²) in [5.41, 5.74) is 0.970. The number of rotatable bonds is 9. The van der Waals surface area contributed by atoms with Crippen LogP contribution < -0.4 is 0 Å². The molecule has 0 N–H and O–H groups in total. The van der Waals surface area contributed by atoms with Gasteiger partial charge < -0.3 is 9.47 Å². The quantitative estimate of drug-likeness (QED) is 0.474. The van der Waals surface area contributed by atoms with Gasteiger partial charge in [0.25, 0.3) is 0 Å². The molecular weight excluding hydrogens is 252 g/mol. The summed E-state index contributed by atoms with van der Waals surface area (Å²) in [6.07, 6.45) is 5.16. The summed E-state index contributed by atoms with van der Waals surface area (Å²) in [5, 5.41) is 0. The van der Waals surface area contributed by atoms with Crippen LogP contribution in [0.15, 0.2) is 30.3 Å². The molecule has 3 nitrogen and oxygen atoms in total. The van der Waals surface area contributed by atoms with E-state index in [1.807, 2.05) is 30.3 Å². The molecule has 1 rings (SSSR count). The van der Waals surface area contributed by atoms with Crippen LogP contribution in [0.25, 0.3) is 0 Å². The van der Waals surface area contributed by atoms with Gasteiger partial charge >= 0.3 is 6.16 Å². The van der Waals surface area contributed by atoms with Crippen LogP contribution in [0.5, 0.6) is 0 Å². The number of unbranched alkanes of at least 4 members (excludes halogenated alkanes) is 1. The fraction of sp³-hybridized carbons (Fsp3) is 0.588. The molecular formula is C17H26O3. The third kappa shape index (κ3) is 7.82. The maximum absolute atomic E-state index is 11.4. The topological polar surface area (TPSA) is 35.5 Å². The molecule has 0 aromatic heterocycles. The first kappa shape index (κ1) is 16.5. The fourth-order valence-electron chi connectivity index (χ4n) is 2.15. The molecule has 0 aliphatic heterocycles. The number of benzene rings is 1. The molecule has 0 saturated heterocycles. The zero-order valence-electron chi connectivity index (χ0n) is 12.6. The van der Waals surface area contributed by atoms with Crippen molar-refractivity contribution in [2.45, 2.75) is 52.6 Å². The van der Waals surface area contributed by atoms with Crippen LogP contribution in [0, 0.1) is 5.92 Å². The van der Waals surface area contributed by atoms with E-state index in [2.05, 4.69) is 13.8 Å². The third-order valence-electron chi connectivity index (χ3n) is 3.29. The van der Waals surface area contributed by atoms with Gasteiger partial charge in [-0.25, -0.2) is 4.79 Å². The Morgan fingerprint density at radius 2 is 1.85 bits per heavy atom. The van der Waals surface area contributed by atoms with Crippen molar-refractivity contribution in [3.8, 4) is 0 Å². The number of ether oxygens (including phenoxy) is 2. The van der Waals surface area contributed by atoms with Crippen molar-refractivity contribution < 1.29 is 14.3 Å². The predicted molar refractivity (Wildman–Crippen MR) is 80.5 cm³/mol. The summed E-state index contributed by atoms with van der Waals surface area (Å²) in [4.78, 5) is 11.4. The van der Waals surface area contributed by atoms with E-state index in [1.165, 1.54) is 19.3 Å². The molecule has 112 valence electrons. The van der Waals surface area contributed by atoms with Crippen LogP contribution >= 0.6 is 0 Å². The van der Waals surface area contributed by atoms with Gasteiger partial charge in [-0.1, -0.05) is 63.4 Å². The molecule has 0 aliphatic carbocycles. The van der Waals surface area contributed by atoms with E-state index in [0.717, 1.165) is 24.3 Å². The second-order valence-electron chi connectivity index (χ2n) is 5.26. The van der Waals surface area contributed by atoms with Crippen molar-refractivity contribution in [1.29, 1.82) is 0 Å². The first-order valence-electron chi connectivity index (χ1n) is 7.55. The third-order valence-corrected chi connectivity index (χ3v) is 3.29. The van der Waals surface area contributed by atoms with Gasteiger partial charge in [-0.15, -0.1) is 0 Å². The minimum Gasteiger partial charge on any atom is -0.434 e. The van der Waals surface area contributed by atoms with Gasteiger partial charge in [0, 0.05) is 0 Å². The summed E-state index contributed by atoms with van der Waals surface area (Å²) in [6.45, 7) is 5.21. The van der Waals surface area contributed by atoms with Crippen LogP contribution in [0.4, 0.5) is 4.79 Å². The van der Waals surface area contributed by atoms with Crippen molar-refractivity contribution in [2.24, 2.45) is 5.92 Å². The molecule has 0 aliphatic rings. The predicted octanol–water partition coefficient (Wildman–Crippen LogP) is 4.95. The molecule has 0 amide bonds. The Bertz CT molecular complexity index is 362. The smallest absolute Gasteiger partial charge is 0.434 e. The number of hydrogen-bond acceptors (Lipinski definition) is 3. The number of carbonyl (C=O) groups excluding carboxylic acids is 1. The Balaban J connectivity index is 2.00. The summed E-state index contributed by atoms with van der Waals surface area (Å²) < 4.78 is 10.1. The van der Waals surface area contributed by atoms with Crippen molar-refractivity contribution in [3.05, 3.63) is 35.9 Å². The highest BCUT2D eigenvalue weighted by molar-refractivity contribution is 5.59. The highest BCUT2D eigenvalue weighted by Crippen LogP contribution is 2.13. The Morgan fingerprint density at radius 1 is 1.10 bits per heavy atom. The van der Waals surface area contributed by atoms with Gasteiger partial charge in [-0.2, -0.15) is 0 Å². The molecule has 0 unspecified atom stereocenters.